The van der Waals surface area contributed by atoms with Crippen LogP contribution in [0, 0.1) is 0 Å². The molecule has 29 heavy (non-hydrogen) atoms. The molecule has 3 heterocycles. The Hall–Kier alpha value is -2.83. The Bertz CT molecular complexity index is 922. The lowest BCUT2D eigenvalue weighted by atomic mass is 9.75. The number of carbonyl (C=O) groups excluding carboxylic acids is 2. The molecule has 0 radical (unpaired) electrons. The topological polar surface area (TPSA) is 78.5 Å². The second-order valence-corrected chi connectivity index (χ2v) is 8.09. The van der Waals surface area contributed by atoms with Crippen LogP contribution in [0.3, 0.4) is 0 Å². The standard InChI is InChI=1S/C22H28N4O3/c1-5-16-17(6-2)24-19(23-16)11-26-18-10-8-7-9-15(18)22(20(26)27)12-25(13-22)21(28)29-14(3)4/h7-10,14H,5-6,11-13H2,1-4H3,(H,23,24). The van der Waals surface area contributed by atoms with Gasteiger partial charge in [0.05, 0.1) is 18.3 Å². The van der Waals surface area contributed by atoms with Gasteiger partial charge in [-0.05, 0) is 38.3 Å². The van der Waals surface area contributed by atoms with Crippen LogP contribution in [0.5, 0.6) is 0 Å². The lowest BCUT2D eigenvalue weighted by Crippen LogP contribution is -2.65. The summed E-state index contributed by atoms with van der Waals surface area (Å²) in [5.74, 6) is 0.828. The highest BCUT2D eigenvalue weighted by molar-refractivity contribution is 6.09. The molecule has 1 aromatic carbocycles. The van der Waals surface area contributed by atoms with Crippen molar-refractivity contribution in [1.29, 1.82) is 0 Å². The highest BCUT2D eigenvalue weighted by Gasteiger charge is 2.59. The molecule has 0 saturated carbocycles. The van der Waals surface area contributed by atoms with Crippen molar-refractivity contribution in [2.45, 2.75) is 58.6 Å². The Kier molecular flexibility index (Phi) is 4.84. The van der Waals surface area contributed by atoms with E-state index in [1.807, 2.05) is 38.1 Å². The smallest absolute Gasteiger partial charge is 0.410 e. The summed E-state index contributed by atoms with van der Waals surface area (Å²) in [6.45, 7) is 8.94. The number of anilines is 1. The molecule has 1 fully saturated rings. The number of imidazole rings is 1. The molecule has 0 atom stereocenters. The molecule has 0 unspecified atom stereocenters. The molecule has 1 aromatic heterocycles. The Morgan fingerprint density at radius 2 is 1.97 bits per heavy atom. The van der Waals surface area contributed by atoms with Crippen molar-refractivity contribution in [2.75, 3.05) is 18.0 Å². The van der Waals surface area contributed by atoms with Crippen molar-refractivity contribution in [3.05, 3.63) is 47.0 Å². The van der Waals surface area contributed by atoms with Crippen molar-refractivity contribution < 1.29 is 14.3 Å². The SMILES string of the molecule is CCc1nc(CN2C(=O)C3(CN(C(=O)OC(C)C)C3)c3ccccc32)[nH]c1CC. The van der Waals surface area contributed by atoms with Crippen LogP contribution in [0.2, 0.25) is 0 Å². The molecule has 2 aliphatic heterocycles. The fourth-order valence-electron chi connectivity index (χ4n) is 4.38. The van der Waals surface area contributed by atoms with Gasteiger partial charge in [-0.3, -0.25) is 4.79 Å². The van der Waals surface area contributed by atoms with Gasteiger partial charge in [-0.2, -0.15) is 0 Å². The van der Waals surface area contributed by atoms with Crippen LogP contribution in [0.4, 0.5) is 10.5 Å². The van der Waals surface area contributed by atoms with E-state index in [4.69, 9.17) is 9.72 Å². The van der Waals surface area contributed by atoms with Crippen LogP contribution in [-0.4, -0.2) is 46.1 Å². The molecule has 2 aromatic rings. The number of rotatable bonds is 5. The van der Waals surface area contributed by atoms with Crippen LogP contribution in [-0.2, 0) is 34.3 Å². The molecule has 2 amide bonds. The van der Waals surface area contributed by atoms with Crippen LogP contribution in [0.15, 0.2) is 24.3 Å². The minimum Gasteiger partial charge on any atom is -0.447 e. The summed E-state index contributed by atoms with van der Waals surface area (Å²) in [4.78, 5) is 37.2. The third kappa shape index (κ3) is 3.09. The maximum absolute atomic E-state index is 13.5. The molecule has 4 rings (SSSR count). The Morgan fingerprint density at radius 3 is 2.59 bits per heavy atom. The fraction of sp³-hybridized carbons (Fsp3) is 0.500. The number of carbonyl (C=O) groups is 2. The maximum atomic E-state index is 13.5. The highest BCUT2D eigenvalue weighted by atomic mass is 16.6. The van der Waals surface area contributed by atoms with Crippen molar-refractivity contribution >= 4 is 17.7 Å². The van der Waals surface area contributed by atoms with Crippen LogP contribution >= 0.6 is 0 Å². The van der Waals surface area contributed by atoms with E-state index in [1.165, 1.54) is 0 Å². The number of ether oxygens (including phenoxy) is 1. The zero-order chi connectivity index (χ0) is 20.8. The molecule has 0 bridgehead atoms. The Balaban J connectivity index is 1.59. The van der Waals surface area contributed by atoms with Crippen LogP contribution < -0.4 is 4.90 Å². The normalized spacial score (nSPS) is 17.1. The number of H-pyrrole nitrogens is 1. The van der Waals surface area contributed by atoms with E-state index >= 15 is 0 Å². The molecule has 1 spiro atoms. The first-order valence-corrected chi connectivity index (χ1v) is 10.3. The van der Waals surface area contributed by atoms with Gasteiger partial charge in [-0.25, -0.2) is 9.78 Å². The van der Waals surface area contributed by atoms with Crippen molar-refractivity contribution in [1.82, 2.24) is 14.9 Å². The summed E-state index contributed by atoms with van der Waals surface area (Å²) in [5.41, 5.74) is 3.39. The van der Waals surface area contributed by atoms with Gasteiger partial charge < -0.3 is 19.5 Å². The molecular formula is C22H28N4O3. The predicted octanol–water partition coefficient (Wildman–Crippen LogP) is 3.18. The van der Waals surface area contributed by atoms with Crippen LogP contribution in [0.25, 0.3) is 0 Å². The molecule has 154 valence electrons. The number of hydrogen-bond acceptors (Lipinski definition) is 4. The number of nitrogens with zero attached hydrogens (tertiary/aromatic N) is 3. The van der Waals surface area contributed by atoms with Gasteiger partial charge in [0.15, 0.2) is 0 Å². The number of likely N-dealkylation sites (tertiary alicyclic amines) is 1. The number of aromatic nitrogens is 2. The van der Waals surface area contributed by atoms with Crippen LogP contribution in [0.1, 0.15) is 50.5 Å². The van der Waals surface area contributed by atoms with Crippen molar-refractivity contribution in [3.8, 4) is 0 Å². The van der Waals surface area contributed by atoms with Gasteiger partial charge in [0.1, 0.15) is 11.2 Å². The lowest BCUT2D eigenvalue weighted by Gasteiger charge is -2.46. The molecule has 7 nitrogen and oxygen atoms in total. The molecule has 0 aliphatic carbocycles. The second kappa shape index (κ2) is 7.21. The number of benzene rings is 1. The summed E-state index contributed by atoms with van der Waals surface area (Å²) in [7, 11) is 0. The van der Waals surface area contributed by atoms with E-state index in [9.17, 15) is 9.59 Å². The van der Waals surface area contributed by atoms with E-state index in [2.05, 4.69) is 18.8 Å². The van der Waals surface area contributed by atoms with E-state index in [1.54, 1.807) is 9.80 Å². The zero-order valence-corrected chi connectivity index (χ0v) is 17.5. The van der Waals surface area contributed by atoms with E-state index in [0.717, 1.165) is 41.3 Å². The largest absolute Gasteiger partial charge is 0.447 e. The number of aromatic amines is 1. The maximum Gasteiger partial charge on any atom is 0.410 e. The fourth-order valence-corrected chi connectivity index (χ4v) is 4.38. The molecule has 1 saturated heterocycles. The summed E-state index contributed by atoms with van der Waals surface area (Å²) in [6, 6.07) is 7.86. The number of fused-ring (bicyclic) bond motifs is 2. The lowest BCUT2D eigenvalue weighted by molar-refractivity contribution is -0.128. The molecule has 2 aliphatic rings. The average molecular weight is 396 g/mol. The van der Waals surface area contributed by atoms with Gasteiger partial charge in [0.2, 0.25) is 5.91 Å². The summed E-state index contributed by atoms with van der Waals surface area (Å²) in [6.07, 6.45) is 1.21. The average Bonchev–Trinajstić information content (AvgIpc) is 3.17. The van der Waals surface area contributed by atoms with Gasteiger partial charge in [-0.15, -0.1) is 0 Å². The summed E-state index contributed by atoms with van der Waals surface area (Å²) in [5, 5.41) is 0. The van der Waals surface area contributed by atoms with Gasteiger partial charge in [0.25, 0.3) is 0 Å². The monoisotopic (exact) mass is 396 g/mol. The molecular weight excluding hydrogens is 368 g/mol. The van der Waals surface area contributed by atoms with Crippen molar-refractivity contribution in [2.24, 2.45) is 0 Å². The second-order valence-electron chi connectivity index (χ2n) is 8.09. The highest BCUT2D eigenvalue weighted by Crippen LogP contribution is 2.47. The first-order chi connectivity index (χ1) is 13.9. The summed E-state index contributed by atoms with van der Waals surface area (Å²) >= 11 is 0. The molecule has 7 heteroatoms. The first kappa shape index (κ1) is 19.5. The third-order valence-corrected chi connectivity index (χ3v) is 5.79. The Morgan fingerprint density at radius 1 is 1.24 bits per heavy atom. The quantitative estimate of drug-likeness (QED) is 0.842. The van der Waals surface area contributed by atoms with Crippen molar-refractivity contribution in [3.63, 3.8) is 0 Å². The number of amides is 2. The first-order valence-electron chi connectivity index (χ1n) is 10.3. The van der Waals surface area contributed by atoms with E-state index in [0.29, 0.717) is 19.6 Å². The van der Waals surface area contributed by atoms with E-state index in [-0.39, 0.29) is 18.1 Å². The zero-order valence-electron chi connectivity index (χ0n) is 17.5. The number of para-hydroxylation sites is 1. The minimum absolute atomic E-state index is 0.0276. The number of hydrogen-bond donors (Lipinski definition) is 1. The number of aryl methyl sites for hydroxylation is 2. The number of nitrogens with one attached hydrogen (secondary N) is 1. The predicted molar refractivity (Wildman–Crippen MR) is 110 cm³/mol. The van der Waals surface area contributed by atoms with Gasteiger partial charge in [-0.1, -0.05) is 32.0 Å². The molecule has 1 N–H and O–H groups in total. The summed E-state index contributed by atoms with van der Waals surface area (Å²) < 4.78 is 5.29. The Labute approximate surface area is 171 Å². The minimum atomic E-state index is -0.680. The van der Waals surface area contributed by atoms with Gasteiger partial charge >= 0.3 is 6.09 Å². The van der Waals surface area contributed by atoms with E-state index < -0.39 is 5.41 Å². The third-order valence-electron chi connectivity index (χ3n) is 5.79. The van der Waals surface area contributed by atoms with Gasteiger partial charge in [0, 0.05) is 24.5 Å².